The van der Waals surface area contributed by atoms with Crippen molar-refractivity contribution in [1.29, 1.82) is 0 Å². The third-order valence-corrected chi connectivity index (χ3v) is 6.33. The second kappa shape index (κ2) is 5.52. The molecule has 1 aromatic heterocycles. The minimum Gasteiger partial charge on any atom is -0.310 e. The van der Waals surface area contributed by atoms with Crippen LogP contribution in [0.3, 0.4) is 0 Å². The zero-order valence-electron chi connectivity index (χ0n) is 11.9. The van der Waals surface area contributed by atoms with Crippen LogP contribution in [-0.2, 0) is 16.6 Å². The molecule has 0 amide bonds. The molecule has 0 aliphatic carbocycles. The highest BCUT2D eigenvalue weighted by Gasteiger charge is 2.37. The van der Waals surface area contributed by atoms with E-state index >= 15 is 0 Å². The first-order valence-electron chi connectivity index (χ1n) is 6.65. The number of fused-ring (bicyclic) bond motifs is 1. The normalized spacial score (nSPS) is 20.1. The van der Waals surface area contributed by atoms with Crippen molar-refractivity contribution in [2.24, 2.45) is 5.92 Å². The van der Waals surface area contributed by atoms with Gasteiger partial charge < -0.3 is 5.32 Å². The summed E-state index contributed by atoms with van der Waals surface area (Å²) >= 11 is 1.53. The SMILES string of the molecule is CC(C)N[C@H](CN1Cc2sccc2S1(=O)=O)C(C)C. The molecule has 2 heterocycles. The zero-order chi connectivity index (χ0) is 14.2. The van der Waals surface area contributed by atoms with Crippen molar-refractivity contribution >= 4 is 21.4 Å². The van der Waals surface area contributed by atoms with Crippen molar-refractivity contribution in [1.82, 2.24) is 9.62 Å². The third-order valence-electron chi connectivity index (χ3n) is 3.39. The van der Waals surface area contributed by atoms with Crippen LogP contribution in [0.15, 0.2) is 16.3 Å². The van der Waals surface area contributed by atoms with Gasteiger partial charge in [0.1, 0.15) is 0 Å². The maximum atomic E-state index is 12.4. The summed E-state index contributed by atoms with van der Waals surface area (Å²) in [7, 11) is -3.26. The molecule has 1 aliphatic rings. The van der Waals surface area contributed by atoms with Crippen molar-refractivity contribution in [2.75, 3.05) is 6.54 Å². The van der Waals surface area contributed by atoms with Gasteiger partial charge in [0.15, 0.2) is 0 Å². The Morgan fingerprint density at radius 3 is 2.58 bits per heavy atom. The molecule has 0 aromatic carbocycles. The van der Waals surface area contributed by atoms with Crippen LogP contribution in [0.25, 0.3) is 0 Å². The highest BCUT2D eigenvalue weighted by Crippen LogP contribution is 2.34. The van der Waals surface area contributed by atoms with E-state index in [2.05, 4.69) is 33.0 Å². The molecule has 2 rings (SSSR count). The fourth-order valence-corrected chi connectivity index (χ4v) is 5.26. The van der Waals surface area contributed by atoms with Gasteiger partial charge in [-0.25, -0.2) is 8.42 Å². The highest BCUT2D eigenvalue weighted by atomic mass is 32.2. The van der Waals surface area contributed by atoms with Crippen LogP contribution in [0.5, 0.6) is 0 Å². The molecule has 1 aliphatic heterocycles. The molecule has 19 heavy (non-hydrogen) atoms. The zero-order valence-corrected chi connectivity index (χ0v) is 13.5. The van der Waals surface area contributed by atoms with Gasteiger partial charge in [-0.1, -0.05) is 27.7 Å². The molecular formula is C13H22N2O2S2. The van der Waals surface area contributed by atoms with E-state index in [4.69, 9.17) is 0 Å². The quantitative estimate of drug-likeness (QED) is 0.908. The van der Waals surface area contributed by atoms with Gasteiger partial charge in [-0.15, -0.1) is 11.3 Å². The Morgan fingerprint density at radius 1 is 1.37 bits per heavy atom. The Labute approximate surface area is 119 Å². The lowest BCUT2D eigenvalue weighted by Crippen LogP contribution is -2.46. The second-order valence-electron chi connectivity index (χ2n) is 5.68. The smallest absolute Gasteiger partial charge is 0.244 e. The van der Waals surface area contributed by atoms with Crippen LogP contribution in [0.4, 0.5) is 0 Å². The van der Waals surface area contributed by atoms with Crippen molar-refractivity contribution < 1.29 is 8.42 Å². The topological polar surface area (TPSA) is 49.4 Å². The molecule has 108 valence electrons. The number of hydrogen-bond acceptors (Lipinski definition) is 4. The number of rotatable bonds is 5. The average Bonchev–Trinajstić information content (AvgIpc) is 2.81. The van der Waals surface area contributed by atoms with Gasteiger partial charge in [-0.05, 0) is 17.4 Å². The number of nitrogens with one attached hydrogen (secondary N) is 1. The van der Waals surface area contributed by atoms with Crippen molar-refractivity contribution in [3.8, 4) is 0 Å². The van der Waals surface area contributed by atoms with Crippen LogP contribution in [-0.4, -0.2) is 31.4 Å². The number of hydrogen-bond donors (Lipinski definition) is 1. The van der Waals surface area contributed by atoms with Gasteiger partial charge >= 0.3 is 0 Å². The third kappa shape index (κ3) is 3.02. The summed E-state index contributed by atoms with van der Waals surface area (Å²) in [6.07, 6.45) is 0. The monoisotopic (exact) mass is 302 g/mol. The molecule has 1 atom stereocenters. The lowest BCUT2D eigenvalue weighted by atomic mass is 10.0. The lowest BCUT2D eigenvalue weighted by Gasteiger charge is -2.28. The van der Waals surface area contributed by atoms with E-state index < -0.39 is 10.0 Å². The Kier molecular flexibility index (Phi) is 4.35. The van der Waals surface area contributed by atoms with E-state index in [-0.39, 0.29) is 6.04 Å². The second-order valence-corrected chi connectivity index (χ2v) is 8.58. The van der Waals surface area contributed by atoms with Crippen LogP contribution in [0.2, 0.25) is 0 Å². The summed E-state index contributed by atoms with van der Waals surface area (Å²) in [4.78, 5) is 1.47. The Balaban J connectivity index is 2.14. The highest BCUT2D eigenvalue weighted by molar-refractivity contribution is 7.89. The predicted molar refractivity (Wildman–Crippen MR) is 78.8 cm³/mol. The van der Waals surface area contributed by atoms with Crippen LogP contribution in [0, 0.1) is 5.92 Å². The largest absolute Gasteiger partial charge is 0.310 e. The molecular weight excluding hydrogens is 280 g/mol. The van der Waals surface area contributed by atoms with Crippen LogP contribution in [0.1, 0.15) is 32.6 Å². The van der Waals surface area contributed by atoms with Gasteiger partial charge in [-0.3, -0.25) is 0 Å². The van der Waals surface area contributed by atoms with Gasteiger partial charge in [0.25, 0.3) is 0 Å². The number of thiophene rings is 1. The molecule has 4 nitrogen and oxygen atoms in total. The molecule has 1 N–H and O–H groups in total. The van der Waals surface area contributed by atoms with Crippen molar-refractivity contribution in [3.05, 3.63) is 16.3 Å². The Bertz CT molecular complexity index is 535. The average molecular weight is 302 g/mol. The van der Waals surface area contributed by atoms with Gasteiger partial charge in [0.05, 0.1) is 4.90 Å². The molecule has 0 bridgehead atoms. The molecule has 0 radical (unpaired) electrons. The minimum absolute atomic E-state index is 0.184. The first kappa shape index (κ1) is 15.0. The van der Waals surface area contributed by atoms with Crippen molar-refractivity contribution in [3.63, 3.8) is 0 Å². The van der Waals surface area contributed by atoms with Gasteiger partial charge in [0.2, 0.25) is 10.0 Å². The van der Waals surface area contributed by atoms with E-state index in [9.17, 15) is 8.42 Å². The summed E-state index contributed by atoms with van der Waals surface area (Å²) in [5.74, 6) is 0.399. The molecule has 0 saturated heterocycles. The van der Waals surface area contributed by atoms with Gasteiger partial charge in [-0.2, -0.15) is 4.31 Å². The summed E-state index contributed by atoms with van der Waals surface area (Å²) in [6.45, 7) is 9.49. The molecule has 1 aromatic rings. The standard InChI is InChI=1S/C13H22N2O2S2/c1-9(2)11(14-10(3)4)7-15-8-12-13(5-6-18-12)19(15,16)17/h5-6,9-11,14H,7-8H2,1-4H3/t11-/m1/s1. The van der Waals surface area contributed by atoms with E-state index in [1.54, 1.807) is 10.4 Å². The first-order chi connectivity index (χ1) is 8.82. The van der Waals surface area contributed by atoms with E-state index in [0.29, 0.717) is 29.9 Å². The molecule has 6 heteroatoms. The molecule has 0 fully saturated rings. The van der Waals surface area contributed by atoms with Crippen LogP contribution < -0.4 is 5.32 Å². The molecule has 0 unspecified atom stereocenters. The molecule has 0 spiro atoms. The Hall–Kier alpha value is -0.430. The first-order valence-corrected chi connectivity index (χ1v) is 8.97. The van der Waals surface area contributed by atoms with Crippen LogP contribution >= 0.6 is 11.3 Å². The molecule has 0 saturated carbocycles. The summed E-state index contributed by atoms with van der Waals surface area (Å²) in [5.41, 5.74) is 0. The lowest BCUT2D eigenvalue weighted by molar-refractivity contribution is 0.294. The fourth-order valence-electron chi connectivity index (χ4n) is 2.32. The van der Waals surface area contributed by atoms with E-state index in [1.807, 2.05) is 5.38 Å². The number of nitrogens with zero attached hydrogens (tertiary/aromatic N) is 1. The number of sulfonamides is 1. The fraction of sp³-hybridized carbons (Fsp3) is 0.692. The minimum atomic E-state index is -3.26. The van der Waals surface area contributed by atoms with E-state index in [0.717, 1.165) is 4.88 Å². The van der Waals surface area contributed by atoms with Crippen molar-refractivity contribution in [2.45, 2.75) is 51.2 Å². The Morgan fingerprint density at radius 2 is 2.05 bits per heavy atom. The maximum Gasteiger partial charge on any atom is 0.244 e. The summed E-state index contributed by atoms with van der Waals surface area (Å²) in [6, 6.07) is 2.26. The summed E-state index contributed by atoms with van der Waals surface area (Å²) in [5, 5.41) is 5.31. The predicted octanol–water partition coefficient (Wildman–Crippen LogP) is 2.28. The van der Waals surface area contributed by atoms with Gasteiger partial charge in [0, 0.05) is 30.1 Å². The maximum absolute atomic E-state index is 12.4. The van der Waals surface area contributed by atoms with E-state index in [1.165, 1.54) is 11.3 Å². The summed E-state index contributed by atoms with van der Waals surface area (Å²) < 4.78 is 26.4.